The fourth-order valence-electron chi connectivity index (χ4n) is 4.35. The standard InChI is InChI=1S/C27H29BN2O5/c1-17-14-18(2)16-22(15-17)27(32)30(20(4)21-8-6-5-7-9-21)29-26(31)23-10-11-24-25(19(23)3)34-12-13-35-28(24)33/h5-11,14-16,20,33H,12-13H2,1-4H3,(H,29,31). The molecular formula is C27H29BN2O5. The van der Waals surface area contributed by atoms with Gasteiger partial charge in [-0.05, 0) is 51.5 Å². The first-order valence-corrected chi connectivity index (χ1v) is 11.6. The van der Waals surface area contributed by atoms with Crippen LogP contribution in [0.3, 0.4) is 0 Å². The fraction of sp³-hybridized carbons (Fsp3) is 0.259. The Balaban J connectivity index is 1.70. The van der Waals surface area contributed by atoms with E-state index in [1.54, 1.807) is 19.1 Å². The molecule has 1 heterocycles. The van der Waals surface area contributed by atoms with Gasteiger partial charge in [-0.1, -0.05) is 53.6 Å². The van der Waals surface area contributed by atoms with Crippen LogP contribution in [-0.4, -0.2) is 42.2 Å². The topological polar surface area (TPSA) is 88.1 Å². The van der Waals surface area contributed by atoms with Gasteiger partial charge >= 0.3 is 7.12 Å². The maximum absolute atomic E-state index is 13.7. The molecule has 1 atom stereocenters. The summed E-state index contributed by atoms with van der Waals surface area (Å²) in [5, 5.41) is 11.6. The summed E-state index contributed by atoms with van der Waals surface area (Å²) in [6.45, 7) is 8.00. The third kappa shape index (κ3) is 5.23. The normalized spacial score (nSPS) is 13.8. The minimum absolute atomic E-state index is 0.240. The summed E-state index contributed by atoms with van der Waals surface area (Å²) in [5.74, 6) is -0.339. The molecule has 3 aromatic rings. The van der Waals surface area contributed by atoms with E-state index in [1.165, 1.54) is 5.01 Å². The predicted octanol–water partition coefficient (Wildman–Crippen LogP) is 3.26. The van der Waals surface area contributed by atoms with Gasteiger partial charge in [0.15, 0.2) is 0 Å². The van der Waals surface area contributed by atoms with E-state index in [9.17, 15) is 14.6 Å². The monoisotopic (exact) mass is 472 g/mol. The first-order valence-electron chi connectivity index (χ1n) is 11.6. The smallest absolute Gasteiger partial charge is 0.491 e. The summed E-state index contributed by atoms with van der Waals surface area (Å²) in [7, 11) is -1.12. The molecular weight excluding hydrogens is 443 g/mol. The molecule has 0 saturated heterocycles. The number of carbonyl (C=O) groups excluding carboxylic acids is 2. The largest absolute Gasteiger partial charge is 0.495 e. The number of benzene rings is 3. The van der Waals surface area contributed by atoms with E-state index in [0.717, 1.165) is 16.7 Å². The lowest BCUT2D eigenvalue weighted by Crippen LogP contribution is -2.48. The number of amides is 2. The highest BCUT2D eigenvalue weighted by atomic mass is 16.6. The first-order chi connectivity index (χ1) is 16.8. The van der Waals surface area contributed by atoms with E-state index >= 15 is 0 Å². The Labute approximate surface area is 205 Å². The van der Waals surface area contributed by atoms with Crippen LogP contribution in [-0.2, 0) is 4.65 Å². The van der Waals surface area contributed by atoms with Gasteiger partial charge < -0.3 is 14.4 Å². The Hall–Kier alpha value is -3.62. The van der Waals surface area contributed by atoms with E-state index in [0.29, 0.717) is 27.9 Å². The van der Waals surface area contributed by atoms with Crippen LogP contribution in [0.25, 0.3) is 0 Å². The van der Waals surface area contributed by atoms with Crippen molar-refractivity contribution in [2.45, 2.75) is 33.7 Å². The highest BCUT2D eigenvalue weighted by Gasteiger charge is 2.30. The van der Waals surface area contributed by atoms with Crippen molar-refractivity contribution in [3.05, 3.63) is 94.0 Å². The Morgan fingerprint density at radius 3 is 2.37 bits per heavy atom. The molecule has 8 heteroatoms. The molecule has 0 bridgehead atoms. The van der Waals surface area contributed by atoms with Crippen LogP contribution >= 0.6 is 0 Å². The SMILES string of the molecule is Cc1cc(C)cc(C(=O)N(NC(=O)c2ccc3c(c2C)OCCOB3O)C(C)c2ccccc2)c1. The number of hydrazine groups is 1. The lowest BCUT2D eigenvalue weighted by atomic mass is 9.77. The fourth-order valence-corrected chi connectivity index (χ4v) is 4.35. The van der Waals surface area contributed by atoms with Crippen molar-refractivity contribution >= 4 is 24.4 Å². The molecule has 3 aromatic carbocycles. The summed E-state index contributed by atoms with van der Waals surface area (Å²) in [6.07, 6.45) is 0. The number of rotatable bonds is 4. The predicted molar refractivity (Wildman–Crippen MR) is 135 cm³/mol. The Morgan fingerprint density at radius 2 is 1.69 bits per heavy atom. The second-order valence-electron chi connectivity index (χ2n) is 8.81. The third-order valence-corrected chi connectivity index (χ3v) is 6.13. The highest BCUT2D eigenvalue weighted by Crippen LogP contribution is 2.25. The molecule has 0 radical (unpaired) electrons. The number of hydrogen-bond donors (Lipinski definition) is 2. The van der Waals surface area contributed by atoms with Crippen LogP contribution in [0, 0.1) is 20.8 Å². The van der Waals surface area contributed by atoms with Crippen molar-refractivity contribution in [3.63, 3.8) is 0 Å². The molecule has 180 valence electrons. The number of carbonyl (C=O) groups is 2. The zero-order valence-corrected chi connectivity index (χ0v) is 20.4. The van der Waals surface area contributed by atoms with E-state index in [4.69, 9.17) is 9.39 Å². The molecule has 4 rings (SSSR count). The number of aryl methyl sites for hydroxylation is 2. The number of ether oxygens (including phenoxy) is 1. The van der Waals surface area contributed by atoms with Gasteiger partial charge in [0.05, 0.1) is 12.6 Å². The molecule has 0 fully saturated rings. The summed E-state index contributed by atoms with van der Waals surface area (Å²) < 4.78 is 11.1. The Bertz CT molecular complexity index is 1230. The zero-order chi connectivity index (χ0) is 25.1. The van der Waals surface area contributed by atoms with Crippen LogP contribution in [0.5, 0.6) is 5.75 Å². The van der Waals surface area contributed by atoms with Crippen LogP contribution in [0.2, 0.25) is 0 Å². The summed E-state index contributed by atoms with van der Waals surface area (Å²) in [4.78, 5) is 27.2. The van der Waals surface area contributed by atoms with E-state index < -0.39 is 19.1 Å². The van der Waals surface area contributed by atoms with Crippen molar-refractivity contribution < 1.29 is 24.0 Å². The average Bonchev–Trinajstić information content (AvgIpc) is 3.03. The van der Waals surface area contributed by atoms with Crippen molar-refractivity contribution in [1.29, 1.82) is 0 Å². The highest BCUT2D eigenvalue weighted by molar-refractivity contribution is 6.61. The maximum atomic E-state index is 13.7. The molecule has 2 amide bonds. The van der Waals surface area contributed by atoms with Crippen molar-refractivity contribution in [2.75, 3.05) is 13.2 Å². The van der Waals surface area contributed by atoms with Gasteiger partial charge in [-0.2, -0.15) is 0 Å². The molecule has 7 nitrogen and oxygen atoms in total. The van der Waals surface area contributed by atoms with Crippen LogP contribution < -0.4 is 15.6 Å². The number of nitrogens with zero attached hydrogens (tertiary/aromatic N) is 1. The van der Waals surface area contributed by atoms with Gasteiger partial charge in [0.1, 0.15) is 12.4 Å². The van der Waals surface area contributed by atoms with Gasteiger partial charge in [-0.3, -0.25) is 15.0 Å². The number of nitrogens with one attached hydrogen (secondary N) is 1. The molecule has 2 N–H and O–H groups in total. The van der Waals surface area contributed by atoms with Crippen molar-refractivity contribution in [3.8, 4) is 5.75 Å². The van der Waals surface area contributed by atoms with Crippen LogP contribution in [0.1, 0.15) is 55.9 Å². The summed E-state index contributed by atoms with van der Waals surface area (Å²) in [5.41, 5.74) is 7.52. The molecule has 1 aliphatic heterocycles. The minimum atomic E-state index is -1.12. The lowest BCUT2D eigenvalue weighted by Gasteiger charge is -2.30. The van der Waals surface area contributed by atoms with Gasteiger partial charge in [0.25, 0.3) is 11.8 Å². The quantitative estimate of drug-likeness (QED) is 0.450. The second kappa shape index (κ2) is 10.3. The molecule has 0 aromatic heterocycles. The molecule has 1 unspecified atom stereocenters. The summed E-state index contributed by atoms with van der Waals surface area (Å²) >= 11 is 0. The van der Waals surface area contributed by atoms with Gasteiger partial charge in [0, 0.05) is 22.2 Å². The number of hydrogen-bond acceptors (Lipinski definition) is 5. The van der Waals surface area contributed by atoms with Crippen molar-refractivity contribution in [2.24, 2.45) is 0 Å². The molecule has 0 aliphatic carbocycles. The van der Waals surface area contributed by atoms with E-state index in [-0.39, 0.29) is 19.1 Å². The Morgan fingerprint density at radius 1 is 1.00 bits per heavy atom. The van der Waals surface area contributed by atoms with Crippen LogP contribution in [0.4, 0.5) is 0 Å². The van der Waals surface area contributed by atoms with Gasteiger partial charge in [-0.25, -0.2) is 5.01 Å². The third-order valence-electron chi connectivity index (χ3n) is 6.13. The second-order valence-corrected chi connectivity index (χ2v) is 8.81. The van der Waals surface area contributed by atoms with E-state index in [1.807, 2.05) is 69.3 Å². The van der Waals surface area contributed by atoms with Crippen molar-refractivity contribution in [1.82, 2.24) is 10.4 Å². The van der Waals surface area contributed by atoms with Gasteiger partial charge in [-0.15, -0.1) is 0 Å². The lowest BCUT2D eigenvalue weighted by molar-refractivity contribution is 0.0496. The van der Waals surface area contributed by atoms with E-state index in [2.05, 4.69) is 5.43 Å². The molecule has 0 saturated carbocycles. The van der Waals surface area contributed by atoms with Gasteiger partial charge in [0.2, 0.25) is 0 Å². The molecule has 1 aliphatic rings. The van der Waals surface area contributed by atoms with Crippen LogP contribution in [0.15, 0.2) is 60.7 Å². The molecule has 0 spiro atoms. The average molecular weight is 472 g/mol. The number of fused-ring (bicyclic) bond motifs is 1. The zero-order valence-electron chi connectivity index (χ0n) is 20.4. The molecule has 35 heavy (non-hydrogen) atoms. The summed E-state index contributed by atoms with van der Waals surface area (Å²) in [6, 6.07) is 18.0. The maximum Gasteiger partial charge on any atom is 0.495 e. The Kier molecular flexibility index (Phi) is 7.24. The minimum Gasteiger partial charge on any atom is -0.491 e. The first kappa shape index (κ1) is 24.5.